The van der Waals surface area contributed by atoms with E-state index in [1.54, 1.807) is 27.7 Å². The van der Waals surface area contributed by atoms with E-state index in [1.165, 1.54) is 0 Å². The molecular formula is C24H23BO2S. The smallest absolute Gasteiger partial charge is 0.399 e. The zero-order chi connectivity index (χ0) is 29.1. The molecule has 0 saturated carbocycles. The number of rotatable bonds is 2. The van der Waals surface area contributed by atoms with Crippen molar-refractivity contribution in [3.05, 3.63) is 66.5 Å². The van der Waals surface area contributed by atoms with Crippen LogP contribution in [-0.2, 0) is 9.31 Å². The molecule has 4 aromatic rings. The topological polar surface area (TPSA) is 18.5 Å². The van der Waals surface area contributed by atoms with Gasteiger partial charge in [-0.05, 0) is 56.4 Å². The molecule has 0 bridgehead atoms. The van der Waals surface area contributed by atoms with Gasteiger partial charge in [0.15, 0.2) is 0 Å². The van der Waals surface area contributed by atoms with Crippen molar-refractivity contribution in [1.29, 1.82) is 0 Å². The van der Waals surface area contributed by atoms with E-state index in [0.717, 1.165) is 11.3 Å². The van der Waals surface area contributed by atoms with Gasteiger partial charge in [0.25, 0.3) is 0 Å². The number of benzene rings is 3. The second-order valence-corrected chi connectivity index (χ2v) is 8.66. The normalized spacial score (nSPS) is 23.7. The van der Waals surface area contributed by atoms with Gasteiger partial charge in [0.05, 0.1) is 26.3 Å². The molecule has 2 heterocycles. The minimum Gasteiger partial charge on any atom is -0.399 e. The van der Waals surface area contributed by atoms with E-state index in [0.29, 0.717) is 0 Å². The van der Waals surface area contributed by atoms with Crippen LogP contribution in [0.15, 0.2) is 66.5 Å². The Balaban J connectivity index is 1.88. The summed E-state index contributed by atoms with van der Waals surface area (Å²) < 4.78 is 106. The Bertz CT molecular complexity index is 1730. The predicted molar refractivity (Wildman–Crippen MR) is 120 cm³/mol. The van der Waals surface area contributed by atoms with E-state index >= 15 is 0 Å². The molecule has 1 fully saturated rings. The highest BCUT2D eigenvalue weighted by Gasteiger charge is 2.51. The highest BCUT2D eigenvalue weighted by atomic mass is 32.1. The predicted octanol–water partition coefficient (Wildman–Crippen LogP) is 6.02. The molecule has 0 aliphatic carbocycles. The van der Waals surface area contributed by atoms with Crippen LogP contribution in [0.3, 0.4) is 0 Å². The maximum absolute atomic E-state index is 8.97. The van der Waals surface area contributed by atoms with Gasteiger partial charge in [-0.3, -0.25) is 0 Å². The second kappa shape index (κ2) is 6.18. The summed E-state index contributed by atoms with van der Waals surface area (Å²) in [5.74, 6) is 0. The Kier molecular flexibility index (Phi) is 2.11. The Morgan fingerprint density at radius 3 is 2.21 bits per heavy atom. The fraction of sp³-hybridized carbons (Fsp3) is 0.250. The molecule has 3 aromatic carbocycles. The summed E-state index contributed by atoms with van der Waals surface area (Å²) in [4.78, 5) is 0. The third kappa shape index (κ3) is 2.79. The average molecular weight is 397 g/mol. The van der Waals surface area contributed by atoms with Gasteiger partial charge in [-0.1, -0.05) is 54.4 Å². The van der Waals surface area contributed by atoms with Crippen LogP contribution >= 0.6 is 11.3 Å². The zero-order valence-corrected chi connectivity index (χ0v) is 16.6. The molecule has 140 valence electrons. The van der Waals surface area contributed by atoms with Crippen LogP contribution in [0.5, 0.6) is 0 Å². The summed E-state index contributed by atoms with van der Waals surface area (Å²) in [6.07, 6.45) is 0. The maximum atomic E-state index is 8.97. The van der Waals surface area contributed by atoms with E-state index in [1.807, 2.05) is 0 Å². The molecule has 1 saturated heterocycles. The Labute approximate surface area is 185 Å². The highest BCUT2D eigenvalue weighted by molar-refractivity contribution is 7.25. The minimum absolute atomic E-state index is 0.0215. The molecule has 0 spiro atoms. The summed E-state index contributed by atoms with van der Waals surface area (Å²) in [6.45, 7) is 7.16. The van der Waals surface area contributed by atoms with Gasteiger partial charge in [0.2, 0.25) is 0 Å². The third-order valence-electron chi connectivity index (χ3n) is 5.27. The van der Waals surface area contributed by atoms with Gasteiger partial charge in [0.1, 0.15) is 0 Å². The zero-order valence-electron chi connectivity index (χ0n) is 26.8. The lowest BCUT2D eigenvalue weighted by Gasteiger charge is -2.32. The first kappa shape index (κ1) is 9.58. The lowest BCUT2D eigenvalue weighted by atomic mass is 9.78. The SMILES string of the molecule is [2H]c1c([2H])c(B2OC(C)(C)C(C)(C)O2)c([2H])c(-c2c([2H])c([2H])c3c(sc4c([2H])c([2H])c([2H])c([2H])c43)c2[2H])c1[2H]. The molecule has 1 aliphatic heterocycles. The van der Waals surface area contributed by atoms with Crippen LogP contribution in [0.4, 0.5) is 0 Å². The number of hydrogen-bond donors (Lipinski definition) is 0. The molecular weight excluding hydrogens is 363 g/mol. The number of fused-ring (bicyclic) bond motifs is 3. The van der Waals surface area contributed by atoms with Gasteiger partial charge >= 0.3 is 7.12 Å². The molecule has 0 unspecified atom stereocenters. The van der Waals surface area contributed by atoms with Gasteiger partial charge < -0.3 is 9.31 Å². The van der Waals surface area contributed by atoms with E-state index in [2.05, 4.69) is 0 Å². The molecule has 1 aromatic heterocycles. The van der Waals surface area contributed by atoms with Crippen LogP contribution < -0.4 is 5.46 Å². The Morgan fingerprint density at radius 1 is 0.750 bits per heavy atom. The summed E-state index contributed by atoms with van der Waals surface area (Å²) in [5.41, 5.74) is -2.32. The fourth-order valence-electron chi connectivity index (χ4n) is 2.98. The molecule has 1 aliphatic rings. The summed E-state index contributed by atoms with van der Waals surface area (Å²) in [6, 6.07) is -4.93. The van der Waals surface area contributed by atoms with Crippen molar-refractivity contribution in [2.24, 2.45) is 0 Å². The van der Waals surface area contributed by atoms with Crippen molar-refractivity contribution in [3.63, 3.8) is 0 Å². The summed E-state index contributed by atoms with van der Waals surface area (Å²) in [7, 11) is -1.21. The lowest BCUT2D eigenvalue weighted by molar-refractivity contribution is 0.00578. The summed E-state index contributed by atoms with van der Waals surface area (Å²) >= 11 is 0.874. The van der Waals surface area contributed by atoms with Crippen LogP contribution in [-0.4, -0.2) is 18.3 Å². The Hall–Kier alpha value is -2.14. The average Bonchev–Trinajstić information content (AvgIpc) is 3.35. The second-order valence-electron chi connectivity index (χ2n) is 7.64. The first-order chi connectivity index (χ1) is 17.9. The van der Waals surface area contributed by atoms with Gasteiger partial charge in [0, 0.05) is 20.2 Å². The largest absolute Gasteiger partial charge is 0.494 e. The molecule has 0 radical (unpaired) electrons. The molecule has 0 amide bonds. The van der Waals surface area contributed by atoms with Crippen molar-refractivity contribution in [1.82, 2.24) is 0 Å². The van der Waals surface area contributed by atoms with E-state index in [4.69, 9.17) is 24.4 Å². The molecule has 28 heavy (non-hydrogen) atoms. The van der Waals surface area contributed by atoms with E-state index < -0.39 is 66.7 Å². The van der Waals surface area contributed by atoms with Gasteiger partial charge in [-0.15, -0.1) is 11.3 Å². The molecule has 0 N–H and O–H groups in total. The van der Waals surface area contributed by atoms with E-state index in [9.17, 15) is 0 Å². The maximum Gasteiger partial charge on any atom is 0.494 e. The molecule has 4 heteroatoms. The standard InChI is InChI=1S/C24H23BO2S/c1-23(2)24(3,4)27-25(26-23)18-9-7-8-16(14-18)17-12-13-20-19-10-5-6-11-21(19)28-22(20)15-17/h5-15H,1-4H3/i5D,6D,7D,8D,9D,10D,11D,12D,13D,14D,15D. The minimum atomic E-state index is -1.21. The number of thiophene rings is 1. The van der Waals surface area contributed by atoms with Crippen molar-refractivity contribution >= 4 is 44.1 Å². The monoisotopic (exact) mass is 397 g/mol. The van der Waals surface area contributed by atoms with Gasteiger partial charge in [-0.25, -0.2) is 0 Å². The van der Waals surface area contributed by atoms with Crippen LogP contribution in [0.25, 0.3) is 31.3 Å². The molecule has 2 nitrogen and oxygen atoms in total. The van der Waals surface area contributed by atoms with Crippen LogP contribution in [0, 0.1) is 0 Å². The number of hydrogen-bond acceptors (Lipinski definition) is 3. The van der Waals surface area contributed by atoms with E-state index in [-0.39, 0.29) is 54.9 Å². The van der Waals surface area contributed by atoms with Crippen molar-refractivity contribution in [2.45, 2.75) is 38.9 Å². The first-order valence-electron chi connectivity index (χ1n) is 14.3. The fourth-order valence-corrected chi connectivity index (χ4v) is 3.95. The van der Waals surface area contributed by atoms with Crippen LogP contribution in [0.1, 0.15) is 42.8 Å². The van der Waals surface area contributed by atoms with Crippen molar-refractivity contribution in [2.75, 3.05) is 0 Å². The van der Waals surface area contributed by atoms with Crippen molar-refractivity contribution in [3.8, 4) is 11.1 Å². The Morgan fingerprint density at radius 2 is 1.43 bits per heavy atom. The van der Waals surface area contributed by atoms with Crippen molar-refractivity contribution < 1.29 is 24.4 Å². The molecule has 5 rings (SSSR count). The first-order valence-corrected chi connectivity index (χ1v) is 9.64. The quantitative estimate of drug-likeness (QED) is 0.385. The molecule has 0 atom stereocenters. The van der Waals surface area contributed by atoms with Gasteiger partial charge in [-0.2, -0.15) is 0 Å². The third-order valence-corrected chi connectivity index (χ3v) is 6.29. The summed E-state index contributed by atoms with van der Waals surface area (Å²) in [5, 5.41) is 0.0607. The lowest BCUT2D eigenvalue weighted by Crippen LogP contribution is -2.41. The van der Waals surface area contributed by atoms with Crippen LogP contribution in [0.2, 0.25) is 0 Å². The highest BCUT2D eigenvalue weighted by Crippen LogP contribution is 2.38.